The number of nitrogens with zero attached hydrogens (tertiary/aromatic N) is 1. The van der Waals surface area contributed by atoms with Crippen molar-refractivity contribution in [2.75, 3.05) is 5.73 Å². The second-order valence-corrected chi connectivity index (χ2v) is 5.41. The molecule has 3 N–H and O–H groups in total. The molecule has 1 amide bonds. The van der Waals surface area contributed by atoms with E-state index in [4.69, 9.17) is 34.2 Å². The van der Waals surface area contributed by atoms with Crippen LogP contribution in [0, 0.1) is 17.2 Å². The Morgan fingerprint density at radius 1 is 1.37 bits per heavy atom. The number of hydrogen-bond acceptors (Lipinski definition) is 3. The molecule has 100 valence electrons. The number of rotatable bonds is 2. The van der Waals surface area contributed by atoms with Gasteiger partial charge in [-0.3, -0.25) is 4.79 Å². The van der Waals surface area contributed by atoms with Gasteiger partial charge in [0.25, 0.3) is 5.91 Å². The largest absolute Gasteiger partial charge is 0.396 e. The van der Waals surface area contributed by atoms with Crippen LogP contribution in [0.15, 0.2) is 12.1 Å². The van der Waals surface area contributed by atoms with Gasteiger partial charge >= 0.3 is 0 Å². The highest BCUT2D eigenvalue weighted by molar-refractivity contribution is 6.39. The molecule has 2 rings (SSSR count). The summed E-state index contributed by atoms with van der Waals surface area (Å²) in [5.74, 6) is -0.403. The number of nitrogens with one attached hydrogen (secondary N) is 1. The van der Waals surface area contributed by atoms with Crippen LogP contribution in [0.1, 0.15) is 29.6 Å². The summed E-state index contributed by atoms with van der Waals surface area (Å²) in [5, 5.41) is 12.3. The third-order valence-electron chi connectivity index (χ3n) is 3.34. The first kappa shape index (κ1) is 14.0. The second kappa shape index (κ2) is 5.68. The number of hydrogen-bond donors (Lipinski definition) is 2. The van der Waals surface area contributed by atoms with E-state index in [0.717, 1.165) is 19.3 Å². The van der Waals surface area contributed by atoms with Gasteiger partial charge in [-0.05, 0) is 31.4 Å². The van der Waals surface area contributed by atoms with Crippen LogP contribution in [0.5, 0.6) is 0 Å². The number of halogens is 2. The quantitative estimate of drug-likeness (QED) is 0.824. The Hall–Kier alpha value is -1.44. The summed E-state index contributed by atoms with van der Waals surface area (Å²) >= 11 is 11.8. The molecule has 0 radical (unpaired) electrons. The van der Waals surface area contributed by atoms with E-state index in [9.17, 15) is 4.79 Å². The molecule has 0 aliphatic heterocycles. The topological polar surface area (TPSA) is 78.9 Å². The molecule has 0 spiro atoms. The van der Waals surface area contributed by atoms with E-state index in [2.05, 4.69) is 11.4 Å². The molecule has 0 bridgehead atoms. The number of nitrogens with two attached hydrogens (primary N) is 1. The van der Waals surface area contributed by atoms with Crippen molar-refractivity contribution in [2.24, 2.45) is 5.92 Å². The van der Waals surface area contributed by atoms with Gasteiger partial charge in [-0.1, -0.05) is 23.2 Å². The second-order valence-electron chi connectivity index (χ2n) is 4.60. The van der Waals surface area contributed by atoms with Crippen LogP contribution in [-0.4, -0.2) is 11.9 Å². The predicted octanol–water partition coefficient (Wildman–Crippen LogP) is 3.00. The molecule has 0 heterocycles. The van der Waals surface area contributed by atoms with Crippen LogP contribution in [0.4, 0.5) is 5.69 Å². The maximum Gasteiger partial charge on any atom is 0.251 e. The average Bonchev–Trinajstić information content (AvgIpc) is 2.82. The molecule has 0 saturated heterocycles. The zero-order chi connectivity index (χ0) is 14.0. The molecule has 1 aromatic rings. The van der Waals surface area contributed by atoms with Gasteiger partial charge in [-0.2, -0.15) is 5.26 Å². The van der Waals surface area contributed by atoms with Crippen LogP contribution in [-0.2, 0) is 0 Å². The molecule has 2 unspecified atom stereocenters. The van der Waals surface area contributed by atoms with Crippen molar-refractivity contribution in [3.8, 4) is 6.07 Å². The summed E-state index contributed by atoms with van der Waals surface area (Å²) in [5.41, 5.74) is 6.23. The third kappa shape index (κ3) is 2.94. The average molecular weight is 298 g/mol. The van der Waals surface area contributed by atoms with Crippen molar-refractivity contribution in [3.63, 3.8) is 0 Å². The molecule has 2 atom stereocenters. The van der Waals surface area contributed by atoms with Crippen molar-refractivity contribution >= 4 is 34.8 Å². The lowest BCUT2D eigenvalue weighted by Crippen LogP contribution is -2.36. The Bertz CT molecular complexity index is 530. The van der Waals surface area contributed by atoms with Gasteiger partial charge in [0.2, 0.25) is 0 Å². The highest BCUT2D eigenvalue weighted by atomic mass is 35.5. The van der Waals surface area contributed by atoms with Gasteiger partial charge < -0.3 is 11.1 Å². The summed E-state index contributed by atoms with van der Waals surface area (Å²) in [6, 6.07) is 5.07. The number of benzene rings is 1. The predicted molar refractivity (Wildman–Crippen MR) is 75.1 cm³/mol. The molecule has 4 nitrogen and oxygen atoms in total. The number of nitrogen functional groups attached to an aromatic ring is 1. The van der Waals surface area contributed by atoms with Gasteiger partial charge in [-0.25, -0.2) is 0 Å². The number of nitriles is 1. The minimum absolute atomic E-state index is 0.104. The van der Waals surface area contributed by atoms with Gasteiger partial charge in [0, 0.05) is 11.6 Å². The van der Waals surface area contributed by atoms with Crippen LogP contribution in [0.25, 0.3) is 0 Å². The van der Waals surface area contributed by atoms with Gasteiger partial charge in [0.05, 0.1) is 27.7 Å². The smallest absolute Gasteiger partial charge is 0.251 e. The Kier molecular flexibility index (Phi) is 4.18. The van der Waals surface area contributed by atoms with Crippen LogP contribution >= 0.6 is 23.2 Å². The normalized spacial score (nSPS) is 21.9. The standard InChI is InChI=1S/C13H13Cl2N3O/c14-9-4-8(5-10(15)12(9)17)13(19)18-11-3-1-2-7(11)6-16/h4-5,7,11H,1-3,17H2,(H,18,19). The van der Waals surface area contributed by atoms with Gasteiger partial charge in [0.15, 0.2) is 0 Å². The lowest BCUT2D eigenvalue weighted by atomic mass is 10.1. The van der Waals surface area contributed by atoms with E-state index in [1.54, 1.807) is 0 Å². The lowest BCUT2D eigenvalue weighted by Gasteiger charge is -2.16. The minimum atomic E-state index is -0.282. The summed E-state index contributed by atoms with van der Waals surface area (Å²) < 4.78 is 0. The van der Waals surface area contributed by atoms with Crippen molar-refractivity contribution in [2.45, 2.75) is 25.3 Å². The van der Waals surface area contributed by atoms with E-state index in [1.807, 2.05) is 0 Å². The fraction of sp³-hybridized carbons (Fsp3) is 0.385. The van der Waals surface area contributed by atoms with Crippen molar-refractivity contribution < 1.29 is 4.79 Å². The molecular weight excluding hydrogens is 285 g/mol. The Labute approximate surface area is 121 Å². The first-order valence-corrected chi connectivity index (χ1v) is 6.73. The maximum absolute atomic E-state index is 12.1. The Balaban J connectivity index is 2.15. The minimum Gasteiger partial charge on any atom is -0.396 e. The molecule has 1 aliphatic carbocycles. The van der Waals surface area contributed by atoms with Crippen LogP contribution < -0.4 is 11.1 Å². The summed E-state index contributed by atoms with van der Waals surface area (Å²) in [6.45, 7) is 0. The fourth-order valence-electron chi connectivity index (χ4n) is 2.25. The van der Waals surface area contributed by atoms with Gasteiger partial charge in [-0.15, -0.1) is 0 Å². The van der Waals surface area contributed by atoms with E-state index in [1.165, 1.54) is 12.1 Å². The van der Waals surface area contributed by atoms with E-state index < -0.39 is 0 Å². The molecule has 1 fully saturated rings. The molecule has 6 heteroatoms. The molecular formula is C13H13Cl2N3O. The molecule has 1 aliphatic rings. The molecule has 1 saturated carbocycles. The number of anilines is 1. The van der Waals surface area contributed by atoms with Crippen molar-refractivity contribution in [3.05, 3.63) is 27.7 Å². The number of carbonyl (C=O) groups excluding carboxylic acids is 1. The highest BCUT2D eigenvalue weighted by Crippen LogP contribution is 2.29. The van der Waals surface area contributed by atoms with Gasteiger partial charge in [0.1, 0.15) is 0 Å². The van der Waals surface area contributed by atoms with E-state index in [0.29, 0.717) is 5.56 Å². The number of amides is 1. The first-order valence-electron chi connectivity index (χ1n) is 5.98. The number of carbonyl (C=O) groups is 1. The zero-order valence-corrected chi connectivity index (χ0v) is 11.6. The zero-order valence-electron chi connectivity index (χ0n) is 10.1. The Morgan fingerprint density at radius 2 is 2.00 bits per heavy atom. The van der Waals surface area contributed by atoms with Crippen LogP contribution in [0.3, 0.4) is 0 Å². The lowest BCUT2D eigenvalue weighted by molar-refractivity contribution is 0.0933. The third-order valence-corrected chi connectivity index (χ3v) is 3.96. The maximum atomic E-state index is 12.1. The van der Waals surface area contributed by atoms with E-state index in [-0.39, 0.29) is 33.6 Å². The fourth-order valence-corrected chi connectivity index (χ4v) is 2.74. The Morgan fingerprint density at radius 3 is 2.58 bits per heavy atom. The van der Waals surface area contributed by atoms with Crippen molar-refractivity contribution in [1.29, 1.82) is 5.26 Å². The highest BCUT2D eigenvalue weighted by Gasteiger charge is 2.28. The molecule has 0 aromatic heterocycles. The van der Waals surface area contributed by atoms with Crippen molar-refractivity contribution in [1.82, 2.24) is 5.32 Å². The first-order chi connectivity index (χ1) is 9.02. The molecule has 1 aromatic carbocycles. The van der Waals surface area contributed by atoms with E-state index >= 15 is 0 Å². The molecule has 19 heavy (non-hydrogen) atoms. The summed E-state index contributed by atoms with van der Waals surface area (Å²) in [7, 11) is 0. The summed E-state index contributed by atoms with van der Waals surface area (Å²) in [6.07, 6.45) is 2.59. The van der Waals surface area contributed by atoms with Crippen LogP contribution in [0.2, 0.25) is 10.0 Å². The SMILES string of the molecule is N#CC1CCCC1NC(=O)c1cc(Cl)c(N)c(Cl)c1. The summed E-state index contributed by atoms with van der Waals surface area (Å²) in [4.78, 5) is 12.1. The monoisotopic (exact) mass is 297 g/mol.